The van der Waals surface area contributed by atoms with Crippen molar-refractivity contribution in [3.63, 3.8) is 0 Å². The van der Waals surface area contributed by atoms with Gasteiger partial charge in [-0.1, -0.05) is 24.3 Å². The minimum Gasteiger partial charge on any atom is -0.380 e. The van der Waals surface area contributed by atoms with Crippen LogP contribution in [-0.4, -0.2) is 25.7 Å². The Morgan fingerprint density at radius 3 is 2.42 bits per heavy atom. The molecule has 0 bridgehead atoms. The average Bonchev–Trinajstić information content (AvgIpc) is 2.99. The number of halogens is 1. The maximum atomic E-state index is 5.15. The van der Waals surface area contributed by atoms with Crippen LogP contribution >= 0.6 is 35.3 Å². The maximum absolute atomic E-state index is 5.15. The summed E-state index contributed by atoms with van der Waals surface area (Å²) in [5.74, 6) is 0.865. The number of rotatable bonds is 8. The SMILES string of the molecule is CCNC(=NCc1ccc(COC)cc1)NC(C)Cc1ccc(C)s1.I. The van der Waals surface area contributed by atoms with Crippen molar-refractivity contribution in [1.29, 1.82) is 0 Å². The molecule has 1 aromatic carbocycles. The van der Waals surface area contributed by atoms with Crippen molar-refractivity contribution in [2.24, 2.45) is 4.99 Å². The lowest BCUT2D eigenvalue weighted by Gasteiger charge is -2.17. The van der Waals surface area contributed by atoms with E-state index in [4.69, 9.17) is 9.73 Å². The van der Waals surface area contributed by atoms with Gasteiger partial charge in [-0.2, -0.15) is 0 Å². The molecule has 1 heterocycles. The molecule has 0 aliphatic rings. The Labute approximate surface area is 178 Å². The van der Waals surface area contributed by atoms with Crippen molar-refractivity contribution in [3.8, 4) is 0 Å². The topological polar surface area (TPSA) is 45.7 Å². The standard InChI is InChI=1S/C20H29N3OS.HI/c1-5-21-20(23-15(2)12-19-11-6-16(3)25-19)22-13-17-7-9-18(10-8-17)14-24-4;/h6-11,15H,5,12-14H2,1-4H3,(H2,21,22,23);1H. The predicted octanol–water partition coefficient (Wildman–Crippen LogP) is 4.51. The number of ether oxygens (including phenoxy) is 1. The first kappa shape index (κ1) is 22.9. The van der Waals surface area contributed by atoms with E-state index in [1.54, 1.807) is 7.11 Å². The first-order valence-corrected chi connectivity index (χ1v) is 9.59. The van der Waals surface area contributed by atoms with Gasteiger partial charge >= 0.3 is 0 Å². The van der Waals surface area contributed by atoms with Crippen LogP contribution in [0.2, 0.25) is 0 Å². The van der Waals surface area contributed by atoms with Gasteiger partial charge in [-0.05, 0) is 44.0 Å². The molecular formula is C20H30IN3OS. The van der Waals surface area contributed by atoms with Gasteiger partial charge in [0.15, 0.2) is 5.96 Å². The van der Waals surface area contributed by atoms with Crippen LogP contribution < -0.4 is 10.6 Å². The van der Waals surface area contributed by atoms with Crippen LogP contribution in [0.25, 0.3) is 0 Å². The van der Waals surface area contributed by atoms with E-state index in [-0.39, 0.29) is 24.0 Å². The molecule has 2 aromatic rings. The highest BCUT2D eigenvalue weighted by atomic mass is 127. The second kappa shape index (κ2) is 12.3. The third-order valence-electron chi connectivity index (χ3n) is 3.78. The summed E-state index contributed by atoms with van der Waals surface area (Å²) < 4.78 is 5.15. The van der Waals surface area contributed by atoms with Crippen LogP contribution in [0, 0.1) is 6.92 Å². The summed E-state index contributed by atoms with van der Waals surface area (Å²) in [7, 11) is 1.71. The van der Waals surface area contributed by atoms with E-state index in [1.807, 2.05) is 11.3 Å². The molecule has 0 fully saturated rings. The van der Waals surface area contributed by atoms with Crippen LogP contribution in [0.15, 0.2) is 41.4 Å². The van der Waals surface area contributed by atoms with Crippen LogP contribution in [0.1, 0.15) is 34.7 Å². The summed E-state index contributed by atoms with van der Waals surface area (Å²) in [6, 6.07) is 13.1. The highest BCUT2D eigenvalue weighted by molar-refractivity contribution is 14.0. The van der Waals surface area contributed by atoms with Gasteiger partial charge in [-0.15, -0.1) is 35.3 Å². The molecule has 4 nitrogen and oxygen atoms in total. The quantitative estimate of drug-likeness (QED) is 0.327. The van der Waals surface area contributed by atoms with Gasteiger partial charge in [0.1, 0.15) is 0 Å². The summed E-state index contributed by atoms with van der Waals surface area (Å²) in [5, 5.41) is 6.83. The van der Waals surface area contributed by atoms with Crippen molar-refractivity contribution in [3.05, 3.63) is 57.3 Å². The monoisotopic (exact) mass is 487 g/mol. The molecule has 0 saturated heterocycles. The number of methoxy groups -OCH3 is 1. The number of nitrogens with zero attached hydrogens (tertiary/aromatic N) is 1. The molecule has 0 aliphatic heterocycles. The Morgan fingerprint density at radius 1 is 1.15 bits per heavy atom. The zero-order chi connectivity index (χ0) is 18.1. The lowest BCUT2D eigenvalue weighted by molar-refractivity contribution is 0.185. The fourth-order valence-electron chi connectivity index (χ4n) is 2.58. The number of hydrogen-bond donors (Lipinski definition) is 2. The second-order valence-electron chi connectivity index (χ2n) is 6.21. The van der Waals surface area contributed by atoms with Crippen molar-refractivity contribution in [2.75, 3.05) is 13.7 Å². The predicted molar refractivity (Wildman–Crippen MR) is 123 cm³/mol. The molecule has 26 heavy (non-hydrogen) atoms. The van der Waals surface area contributed by atoms with E-state index < -0.39 is 0 Å². The van der Waals surface area contributed by atoms with Crippen molar-refractivity contribution >= 4 is 41.3 Å². The lowest BCUT2D eigenvalue weighted by atomic mass is 10.1. The van der Waals surface area contributed by atoms with E-state index >= 15 is 0 Å². The minimum atomic E-state index is 0. The summed E-state index contributed by atoms with van der Waals surface area (Å²) in [6.45, 7) is 8.59. The van der Waals surface area contributed by atoms with Crippen LogP contribution in [0.3, 0.4) is 0 Å². The van der Waals surface area contributed by atoms with E-state index in [2.05, 4.69) is 67.8 Å². The molecule has 2 rings (SSSR count). The maximum Gasteiger partial charge on any atom is 0.191 e. The number of aryl methyl sites for hydroxylation is 1. The summed E-state index contributed by atoms with van der Waals surface area (Å²) in [4.78, 5) is 7.48. The van der Waals surface area contributed by atoms with E-state index in [0.29, 0.717) is 19.2 Å². The zero-order valence-electron chi connectivity index (χ0n) is 16.0. The highest BCUT2D eigenvalue weighted by Crippen LogP contribution is 2.16. The number of benzene rings is 1. The fraction of sp³-hybridized carbons (Fsp3) is 0.450. The molecule has 1 aromatic heterocycles. The molecule has 1 atom stereocenters. The van der Waals surface area contributed by atoms with Crippen molar-refractivity contribution in [1.82, 2.24) is 10.6 Å². The van der Waals surface area contributed by atoms with Gasteiger partial charge in [-0.3, -0.25) is 0 Å². The normalized spacial score (nSPS) is 12.4. The van der Waals surface area contributed by atoms with Gasteiger partial charge < -0.3 is 15.4 Å². The molecule has 0 spiro atoms. The molecule has 0 aliphatic carbocycles. The van der Waals surface area contributed by atoms with Gasteiger partial charge in [0.25, 0.3) is 0 Å². The summed E-state index contributed by atoms with van der Waals surface area (Å²) >= 11 is 1.86. The molecular weight excluding hydrogens is 457 g/mol. The minimum absolute atomic E-state index is 0. The van der Waals surface area contributed by atoms with E-state index in [1.165, 1.54) is 20.9 Å². The molecule has 0 saturated carbocycles. The lowest BCUT2D eigenvalue weighted by Crippen LogP contribution is -2.43. The van der Waals surface area contributed by atoms with Crippen LogP contribution in [0.4, 0.5) is 0 Å². The number of hydrogen-bond acceptors (Lipinski definition) is 3. The fourth-order valence-corrected chi connectivity index (χ4v) is 3.60. The average molecular weight is 487 g/mol. The molecule has 6 heteroatoms. The first-order valence-electron chi connectivity index (χ1n) is 8.77. The number of aliphatic imine (C=N–C) groups is 1. The Morgan fingerprint density at radius 2 is 1.85 bits per heavy atom. The zero-order valence-corrected chi connectivity index (χ0v) is 19.2. The van der Waals surface area contributed by atoms with Crippen LogP contribution in [0.5, 0.6) is 0 Å². The molecule has 0 radical (unpaired) electrons. The first-order chi connectivity index (χ1) is 12.1. The second-order valence-corrected chi connectivity index (χ2v) is 7.58. The summed E-state index contributed by atoms with van der Waals surface area (Å²) in [6.07, 6.45) is 1.01. The van der Waals surface area contributed by atoms with E-state index in [0.717, 1.165) is 18.9 Å². The Kier molecular flexibility index (Phi) is 10.8. The van der Waals surface area contributed by atoms with Crippen LogP contribution in [-0.2, 0) is 24.3 Å². The largest absolute Gasteiger partial charge is 0.380 e. The third-order valence-corrected chi connectivity index (χ3v) is 4.81. The number of thiophene rings is 1. The smallest absolute Gasteiger partial charge is 0.191 e. The molecule has 2 N–H and O–H groups in total. The van der Waals surface area contributed by atoms with Gasteiger partial charge in [-0.25, -0.2) is 4.99 Å². The summed E-state index contributed by atoms with van der Waals surface area (Å²) in [5.41, 5.74) is 2.37. The van der Waals surface area contributed by atoms with Crippen molar-refractivity contribution < 1.29 is 4.74 Å². The highest BCUT2D eigenvalue weighted by Gasteiger charge is 2.07. The molecule has 0 amide bonds. The number of guanidine groups is 1. The van der Waals surface area contributed by atoms with E-state index in [9.17, 15) is 0 Å². The Hall–Kier alpha value is -1.12. The Bertz CT molecular complexity index is 670. The van der Waals surface area contributed by atoms with Gasteiger partial charge in [0.05, 0.1) is 13.2 Å². The van der Waals surface area contributed by atoms with Crippen molar-refractivity contribution in [2.45, 2.75) is 46.4 Å². The molecule has 1 unspecified atom stereocenters. The Balaban J connectivity index is 0.00000338. The molecule has 144 valence electrons. The third kappa shape index (κ3) is 8.05. The number of nitrogens with one attached hydrogen (secondary N) is 2. The van der Waals surface area contributed by atoms with Gasteiger partial charge in [0, 0.05) is 35.9 Å². The van der Waals surface area contributed by atoms with Gasteiger partial charge in [0.2, 0.25) is 0 Å².